The smallest absolute Gasteiger partial charge is 0.303 e. The number of carbonyl (C=O) groups is 1. The third-order valence-corrected chi connectivity index (χ3v) is 7.86. The minimum absolute atomic E-state index is 0.0908. The fourth-order valence-electron chi connectivity index (χ4n) is 5.35. The molecule has 0 saturated heterocycles. The third-order valence-electron chi connectivity index (χ3n) is 7.51. The van der Waals surface area contributed by atoms with Gasteiger partial charge in [-0.2, -0.15) is 5.10 Å². The third kappa shape index (κ3) is 6.38. The fraction of sp³-hybridized carbons (Fsp3) is 0.176. The molecule has 0 aliphatic rings. The average Bonchev–Trinajstić information content (AvgIpc) is 3.40. The SMILES string of the molecule is Nc1ncnc2c1c(-c1cccc(O)c1)nn2Cc1c(Cl)cccc1Cc1nc2cccc(C#CCCCCC(=O)O)c2c(=O)[nH]1. The highest BCUT2D eigenvalue weighted by atomic mass is 35.5. The number of nitrogens with one attached hydrogen (secondary N) is 1. The van der Waals surface area contributed by atoms with Crippen molar-refractivity contribution >= 4 is 45.3 Å². The predicted molar refractivity (Wildman–Crippen MR) is 176 cm³/mol. The van der Waals surface area contributed by atoms with Crippen LogP contribution in [0, 0.1) is 11.8 Å². The Morgan fingerprint density at radius 3 is 2.70 bits per heavy atom. The number of carboxylic acids is 1. The first-order chi connectivity index (χ1) is 22.3. The number of H-pyrrole nitrogens is 1. The number of aromatic hydroxyl groups is 1. The highest BCUT2D eigenvalue weighted by molar-refractivity contribution is 6.31. The molecule has 0 radical (unpaired) electrons. The lowest BCUT2D eigenvalue weighted by Crippen LogP contribution is -2.14. The molecule has 0 unspecified atom stereocenters. The molecular weight excluding hydrogens is 606 g/mol. The normalized spacial score (nSPS) is 11.1. The van der Waals surface area contributed by atoms with Crippen molar-refractivity contribution in [2.75, 3.05) is 5.73 Å². The van der Waals surface area contributed by atoms with Gasteiger partial charge in [-0.05, 0) is 54.3 Å². The Balaban J connectivity index is 1.32. The van der Waals surface area contributed by atoms with Gasteiger partial charge in [0.25, 0.3) is 5.56 Å². The van der Waals surface area contributed by atoms with E-state index in [-0.39, 0.29) is 36.5 Å². The maximum Gasteiger partial charge on any atom is 0.303 e. The lowest BCUT2D eigenvalue weighted by molar-refractivity contribution is -0.137. The first kappa shape index (κ1) is 30.3. The second kappa shape index (κ2) is 13.1. The van der Waals surface area contributed by atoms with Crippen molar-refractivity contribution in [3.63, 3.8) is 0 Å². The number of phenols is 1. The molecule has 0 amide bonds. The summed E-state index contributed by atoms with van der Waals surface area (Å²) in [6.07, 6.45) is 3.51. The fourth-order valence-corrected chi connectivity index (χ4v) is 5.60. The molecule has 0 fully saturated rings. The number of nitrogens with zero attached hydrogens (tertiary/aromatic N) is 5. The van der Waals surface area contributed by atoms with Crippen LogP contribution in [0.25, 0.3) is 33.2 Å². The molecule has 6 rings (SSSR count). The van der Waals surface area contributed by atoms with Crippen molar-refractivity contribution in [1.29, 1.82) is 0 Å². The largest absolute Gasteiger partial charge is 0.508 e. The standard InChI is InChI=1S/C34H28ClN7O4/c35-25-13-6-10-21(17-27-39-26-14-7-9-20(29(26)34(46)40-27)8-3-1-2-4-15-28(44)45)24(25)18-42-33-30(32(36)37-19-38-33)31(41-42)22-11-5-12-23(43)16-22/h5-7,9-14,16,19,43H,1-2,4,15,17-18H2,(H,44,45)(H2,36,37,38)(H,39,40,46). The van der Waals surface area contributed by atoms with Gasteiger partial charge in [0.05, 0.1) is 22.8 Å². The Labute approximate surface area is 267 Å². The number of carboxylic acid groups (broad SMARTS) is 1. The molecule has 230 valence electrons. The van der Waals surface area contributed by atoms with E-state index < -0.39 is 5.97 Å². The average molecular weight is 634 g/mol. The molecule has 3 aromatic carbocycles. The summed E-state index contributed by atoms with van der Waals surface area (Å²) in [4.78, 5) is 40.3. The van der Waals surface area contributed by atoms with E-state index in [0.717, 1.165) is 11.1 Å². The summed E-state index contributed by atoms with van der Waals surface area (Å²) in [5.74, 6) is 6.07. The molecule has 12 heteroatoms. The zero-order valence-electron chi connectivity index (χ0n) is 24.5. The Hall–Kier alpha value is -5.73. The second-order valence-corrected chi connectivity index (χ2v) is 11.1. The van der Waals surface area contributed by atoms with Gasteiger partial charge in [-0.25, -0.2) is 19.6 Å². The lowest BCUT2D eigenvalue weighted by atomic mass is 10.0. The zero-order valence-corrected chi connectivity index (χ0v) is 25.3. The number of nitrogen functional groups attached to an aromatic ring is 1. The van der Waals surface area contributed by atoms with Gasteiger partial charge in [0.1, 0.15) is 29.4 Å². The van der Waals surface area contributed by atoms with E-state index in [1.807, 2.05) is 18.2 Å². The minimum atomic E-state index is -0.825. The highest BCUT2D eigenvalue weighted by Gasteiger charge is 2.20. The van der Waals surface area contributed by atoms with Crippen LogP contribution in [0.15, 0.2) is 71.8 Å². The molecule has 0 spiro atoms. The lowest BCUT2D eigenvalue weighted by Gasteiger charge is -2.12. The summed E-state index contributed by atoms with van der Waals surface area (Å²) < 4.78 is 1.70. The van der Waals surface area contributed by atoms with Crippen LogP contribution in [0.4, 0.5) is 5.82 Å². The van der Waals surface area contributed by atoms with Crippen LogP contribution in [-0.4, -0.2) is 45.9 Å². The van der Waals surface area contributed by atoms with Crippen LogP contribution in [-0.2, 0) is 17.8 Å². The summed E-state index contributed by atoms with van der Waals surface area (Å²) in [7, 11) is 0. The van der Waals surface area contributed by atoms with E-state index in [2.05, 4.69) is 26.8 Å². The maximum atomic E-state index is 13.3. The second-order valence-electron chi connectivity index (χ2n) is 10.7. The summed E-state index contributed by atoms with van der Waals surface area (Å²) in [6.45, 7) is 0.241. The van der Waals surface area contributed by atoms with Crippen LogP contribution in [0.1, 0.15) is 48.2 Å². The first-order valence-electron chi connectivity index (χ1n) is 14.5. The predicted octanol–water partition coefficient (Wildman–Crippen LogP) is 5.31. The number of benzene rings is 3. The first-order valence-corrected chi connectivity index (χ1v) is 14.9. The summed E-state index contributed by atoms with van der Waals surface area (Å²) in [5.41, 5.74) is 10.3. The van der Waals surface area contributed by atoms with Crippen molar-refractivity contribution in [2.45, 2.75) is 38.6 Å². The van der Waals surface area contributed by atoms with Gasteiger partial charge < -0.3 is 20.9 Å². The Kier molecular flexibility index (Phi) is 8.63. The van der Waals surface area contributed by atoms with E-state index in [1.165, 1.54) is 6.33 Å². The van der Waals surface area contributed by atoms with E-state index in [4.69, 9.17) is 32.5 Å². The molecule has 0 atom stereocenters. The van der Waals surface area contributed by atoms with Crippen LogP contribution in [0.3, 0.4) is 0 Å². The Morgan fingerprint density at radius 2 is 1.87 bits per heavy atom. The molecule has 0 aliphatic carbocycles. The van der Waals surface area contributed by atoms with Gasteiger partial charge in [-0.1, -0.05) is 53.8 Å². The molecule has 0 bridgehead atoms. The number of unbranched alkanes of at least 4 members (excludes halogenated alkanes) is 2. The van der Waals surface area contributed by atoms with Crippen LogP contribution in [0.2, 0.25) is 5.02 Å². The number of aromatic amines is 1. The van der Waals surface area contributed by atoms with Crippen molar-refractivity contribution in [1.82, 2.24) is 29.7 Å². The van der Waals surface area contributed by atoms with Gasteiger partial charge in [0.2, 0.25) is 0 Å². The number of anilines is 1. The zero-order chi connectivity index (χ0) is 32.2. The molecule has 0 saturated carbocycles. The Bertz CT molecular complexity index is 2230. The van der Waals surface area contributed by atoms with Crippen LogP contribution >= 0.6 is 11.6 Å². The number of halogens is 1. The highest BCUT2D eigenvalue weighted by Crippen LogP contribution is 2.33. The van der Waals surface area contributed by atoms with Crippen LogP contribution in [0.5, 0.6) is 5.75 Å². The molecule has 3 heterocycles. The number of aliphatic carboxylic acids is 1. The molecular formula is C34H28ClN7O4. The van der Waals surface area contributed by atoms with Crippen molar-refractivity contribution < 1.29 is 15.0 Å². The molecule has 3 aromatic heterocycles. The number of hydrogen-bond donors (Lipinski definition) is 4. The van der Waals surface area contributed by atoms with Gasteiger partial charge in [0.15, 0.2) is 5.65 Å². The maximum absolute atomic E-state index is 13.3. The number of fused-ring (bicyclic) bond motifs is 2. The van der Waals surface area contributed by atoms with E-state index in [1.54, 1.807) is 47.1 Å². The molecule has 5 N–H and O–H groups in total. The van der Waals surface area contributed by atoms with Crippen molar-refractivity contribution in [3.8, 4) is 28.8 Å². The summed E-state index contributed by atoms with van der Waals surface area (Å²) in [5, 5.41) is 25.2. The molecule has 46 heavy (non-hydrogen) atoms. The van der Waals surface area contributed by atoms with Crippen molar-refractivity contribution in [2.24, 2.45) is 0 Å². The summed E-state index contributed by atoms with van der Waals surface area (Å²) in [6, 6.07) is 17.6. The van der Waals surface area contributed by atoms with Crippen LogP contribution < -0.4 is 11.3 Å². The van der Waals surface area contributed by atoms with Gasteiger partial charge in [-0.3, -0.25) is 9.59 Å². The molecule has 11 nitrogen and oxygen atoms in total. The van der Waals surface area contributed by atoms with E-state index >= 15 is 0 Å². The Morgan fingerprint density at radius 1 is 1.04 bits per heavy atom. The van der Waals surface area contributed by atoms with E-state index in [0.29, 0.717) is 68.9 Å². The van der Waals surface area contributed by atoms with Gasteiger partial charge in [0, 0.05) is 35.4 Å². The minimum Gasteiger partial charge on any atom is -0.508 e. The number of hydrogen-bond acceptors (Lipinski definition) is 8. The monoisotopic (exact) mass is 633 g/mol. The molecule has 0 aliphatic heterocycles. The van der Waals surface area contributed by atoms with Gasteiger partial charge >= 0.3 is 5.97 Å². The summed E-state index contributed by atoms with van der Waals surface area (Å²) >= 11 is 6.75. The van der Waals surface area contributed by atoms with Crippen molar-refractivity contribution in [3.05, 3.63) is 105 Å². The quantitative estimate of drug-likeness (QED) is 0.122. The van der Waals surface area contributed by atoms with E-state index in [9.17, 15) is 14.7 Å². The number of rotatable bonds is 9. The topological polar surface area (TPSA) is 173 Å². The number of nitrogens with two attached hydrogens (primary N) is 1. The molecule has 6 aromatic rings. The van der Waals surface area contributed by atoms with Gasteiger partial charge in [-0.15, -0.1) is 0 Å². The number of aromatic nitrogens is 6. The number of phenolic OH excluding ortho intramolecular Hbond substituents is 1.